The van der Waals surface area contributed by atoms with E-state index in [1.54, 1.807) is 12.4 Å². The second kappa shape index (κ2) is 2.92. The number of fused-ring (bicyclic) bond motifs is 1. The van der Waals surface area contributed by atoms with Gasteiger partial charge in [-0.2, -0.15) is 0 Å². The minimum absolute atomic E-state index is 0.574. The zero-order valence-corrected chi connectivity index (χ0v) is 8.20. The molecule has 1 aliphatic carbocycles. The maximum atomic E-state index is 4.30. The zero-order valence-electron chi connectivity index (χ0n) is 8.20. The molecule has 3 fully saturated rings. The van der Waals surface area contributed by atoms with Gasteiger partial charge in [0.1, 0.15) is 5.82 Å². The van der Waals surface area contributed by atoms with Crippen molar-refractivity contribution in [1.29, 1.82) is 0 Å². The summed E-state index contributed by atoms with van der Waals surface area (Å²) >= 11 is 0. The number of hydrogen-bond donors (Lipinski definition) is 2. The Labute approximate surface area is 83.1 Å². The summed E-state index contributed by atoms with van der Waals surface area (Å²) in [4.78, 5) is 8.51. The third-order valence-corrected chi connectivity index (χ3v) is 3.32. The Morgan fingerprint density at radius 3 is 2.93 bits per heavy atom. The fourth-order valence-corrected chi connectivity index (χ4v) is 2.40. The molecule has 3 aliphatic rings. The predicted octanol–water partition coefficient (Wildman–Crippen LogP) is 0.557. The molecule has 0 aromatic carbocycles. The quantitative estimate of drug-likeness (QED) is 0.715. The summed E-state index contributed by atoms with van der Waals surface area (Å²) in [5.74, 6) is 1.73. The van der Waals surface area contributed by atoms with Crippen molar-refractivity contribution < 1.29 is 0 Å². The number of nitrogens with zero attached hydrogens (tertiary/aromatic N) is 2. The van der Waals surface area contributed by atoms with Crippen LogP contribution in [0, 0.1) is 12.8 Å². The van der Waals surface area contributed by atoms with Crippen molar-refractivity contribution in [1.82, 2.24) is 15.3 Å². The summed E-state index contributed by atoms with van der Waals surface area (Å²) in [6.45, 7) is 3.14. The summed E-state index contributed by atoms with van der Waals surface area (Å²) in [6.07, 6.45) is 4.79. The van der Waals surface area contributed by atoms with E-state index in [2.05, 4.69) is 20.6 Å². The second-order valence-corrected chi connectivity index (χ2v) is 4.17. The average molecular weight is 190 g/mol. The van der Waals surface area contributed by atoms with Gasteiger partial charge in [-0.3, -0.25) is 4.98 Å². The van der Waals surface area contributed by atoms with Gasteiger partial charge in [0.25, 0.3) is 0 Å². The van der Waals surface area contributed by atoms with Crippen LogP contribution in [0.15, 0.2) is 12.4 Å². The van der Waals surface area contributed by atoms with Crippen LogP contribution in [0.25, 0.3) is 0 Å². The molecular formula is C10H14N4. The van der Waals surface area contributed by atoms with Crippen LogP contribution < -0.4 is 10.6 Å². The molecule has 1 aromatic heterocycles. The highest BCUT2D eigenvalue weighted by Gasteiger charge is 2.46. The van der Waals surface area contributed by atoms with Gasteiger partial charge in [0.15, 0.2) is 0 Å². The van der Waals surface area contributed by atoms with E-state index in [-0.39, 0.29) is 0 Å². The number of anilines is 1. The van der Waals surface area contributed by atoms with E-state index in [0.29, 0.717) is 12.1 Å². The molecule has 3 unspecified atom stereocenters. The first-order chi connectivity index (χ1) is 6.84. The maximum absolute atomic E-state index is 4.30. The normalized spacial score (nSPS) is 33.9. The molecule has 1 aromatic rings. The third-order valence-electron chi connectivity index (χ3n) is 3.32. The second-order valence-electron chi connectivity index (χ2n) is 4.17. The molecule has 74 valence electrons. The number of hydrogen-bond acceptors (Lipinski definition) is 4. The maximum Gasteiger partial charge on any atom is 0.147 e. The molecule has 14 heavy (non-hydrogen) atoms. The first kappa shape index (κ1) is 8.17. The van der Waals surface area contributed by atoms with E-state index in [1.165, 1.54) is 6.42 Å². The van der Waals surface area contributed by atoms with Gasteiger partial charge in [0, 0.05) is 31.0 Å². The van der Waals surface area contributed by atoms with Gasteiger partial charge in [-0.25, -0.2) is 4.98 Å². The Hall–Kier alpha value is -1.16. The summed E-state index contributed by atoms with van der Waals surface area (Å²) in [5, 5.41) is 6.95. The van der Waals surface area contributed by atoms with Crippen LogP contribution >= 0.6 is 0 Å². The number of aromatic nitrogens is 2. The van der Waals surface area contributed by atoms with Crippen molar-refractivity contribution in [3.63, 3.8) is 0 Å². The molecule has 2 saturated heterocycles. The molecule has 4 rings (SSSR count). The minimum atomic E-state index is 0.574. The Bertz CT molecular complexity index is 338. The van der Waals surface area contributed by atoms with Gasteiger partial charge in [0.2, 0.25) is 0 Å². The predicted molar refractivity (Wildman–Crippen MR) is 54.1 cm³/mol. The summed E-state index contributed by atoms with van der Waals surface area (Å²) in [7, 11) is 0. The molecule has 3 heterocycles. The summed E-state index contributed by atoms with van der Waals surface area (Å²) in [6, 6.07) is 1.23. The van der Waals surface area contributed by atoms with E-state index in [9.17, 15) is 0 Å². The number of nitrogens with one attached hydrogen (secondary N) is 2. The highest BCUT2D eigenvalue weighted by Crippen LogP contribution is 2.35. The molecule has 2 bridgehead atoms. The van der Waals surface area contributed by atoms with Crippen LogP contribution in [0.3, 0.4) is 0 Å². The molecule has 3 atom stereocenters. The van der Waals surface area contributed by atoms with Crippen LogP contribution in [0.4, 0.5) is 5.82 Å². The number of rotatable bonds is 2. The molecule has 4 heteroatoms. The lowest BCUT2D eigenvalue weighted by atomic mass is 9.80. The lowest BCUT2D eigenvalue weighted by Crippen LogP contribution is -2.47. The lowest BCUT2D eigenvalue weighted by Gasteiger charge is -2.35. The van der Waals surface area contributed by atoms with Crippen molar-refractivity contribution in [3.8, 4) is 0 Å². The summed E-state index contributed by atoms with van der Waals surface area (Å²) < 4.78 is 0. The Morgan fingerprint density at radius 1 is 1.43 bits per heavy atom. The van der Waals surface area contributed by atoms with Gasteiger partial charge in [0.05, 0.1) is 5.69 Å². The van der Waals surface area contributed by atoms with E-state index in [0.717, 1.165) is 24.0 Å². The standard InChI is InChI=1S/C10H14N4/c1-6-10(12-3-2-11-6)14-9-7-4-8(9)13-5-7/h2-3,7-9,13H,4-5H2,1H3,(H,12,14). The van der Waals surface area contributed by atoms with Gasteiger partial charge in [-0.1, -0.05) is 0 Å². The highest BCUT2D eigenvalue weighted by atomic mass is 15.2. The molecular weight excluding hydrogens is 176 g/mol. The third kappa shape index (κ3) is 1.10. The molecule has 1 saturated carbocycles. The van der Waals surface area contributed by atoms with Crippen LogP contribution in [0.2, 0.25) is 0 Å². The van der Waals surface area contributed by atoms with Gasteiger partial charge >= 0.3 is 0 Å². The lowest BCUT2D eigenvalue weighted by molar-refractivity contribution is 0.326. The van der Waals surface area contributed by atoms with Gasteiger partial charge < -0.3 is 10.6 Å². The van der Waals surface area contributed by atoms with Crippen LogP contribution in [-0.2, 0) is 0 Å². The monoisotopic (exact) mass is 190 g/mol. The molecule has 2 aliphatic heterocycles. The van der Waals surface area contributed by atoms with Gasteiger partial charge in [-0.15, -0.1) is 0 Å². The fourth-order valence-electron chi connectivity index (χ4n) is 2.40. The van der Waals surface area contributed by atoms with Crippen LogP contribution in [0.5, 0.6) is 0 Å². The Balaban J connectivity index is 1.76. The average Bonchev–Trinajstić information content (AvgIpc) is 2.78. The van der Waals surface area contributed by atoms with E-state index < -0.39 is 0 Å². The van der Waals surface area contributed by atoms with Crippen molar-refractivity contribution in [2.75, 3.05) is 11.9 Å². The first-order valence-corrected chi connectivity index (χ1v) is 5.12. The van der Waals surface area contributed by atoms with Crippen molar-refractivity contribution in [2.24, 2.45) is 5.92 Å². The SMILES string of the molecule is Cc1nccnc1NC1C2CNC1C2. The van der Waals surface area contributed by atoms with E-state index >= 15 is 0 Å². The molecule has 4 nitrogen and oxygen atoms in total. The van der Waals surface area contributed by atoms with Crippen molar-refractivity contribution in [3.05, 3.63) is 18.1 Å². The minimum Gasteiger partial charge on any atom is -0.364 e. The van der Waals surface area contributed by atoms with Crippen LogP contribution in [0.1, 0.15) is 12.1 Å². The largest absolute Gasteiger partial charge is 0.364 e. The molecule has 0 spiro atoms. The Kier molecular flexibility index (Phi) is 1.70. The smallest absolute Gasteiger partial charge is 0.147 e. The van der Waals surface area contributed by atoms with Crippen molar-refractivity contribution >= 4 is 5.82 Å². The van der Waals surface area contributed by atoms with E-state index in [4.69, 9.17) is 0 Å². The summed E-state index contributed by atoms with van der Waals surface area (Å²) in [5.41, 5.74) is 0.985. The number of aryl methyl sites for hydroxylation is 1. The van der Waals surface area contributed by atoms with E-state index in [1.807, 2.05) is 6.92 Å². The highest BCUT2D eigenvalue weighted by molar-refractivity contribution is 5.41. The van der Waals surface area contributed by atoms with Crippen molar-refractivity contribution in [2.45, 2.75) is 25.4 Å². The first-order valence-electron chi connectivity index (χ1n) is 5.12. The molecule has 0 amide bonds. The van der Waals surface area contributed by atoms with Crippen LogP contribution in [-0.4, -0.2) is 28.6 Å². The zero-order chi connectivity index (χ0) is 9.54. The topological polar surface area (TPSA) is 49.8 Å². The Morgan fingerprint density at radius 2 is 2.29 bits per heavy atom. The van der Waals surface area contributed by atoms with Gasteiger partial charge in [-0.05, 0) is 19.3 Å². The molecule has 2 N–H and O–H groups in total. The fraction of sp³-hybridized carbons (Fsp3) is 0.600. The molecule has 0 radical (unpaired) electrons.